The number of nitrogen functional groups attached to an aromatic ring is 2. The van der Waals surface area contributed by atoms with Gasteiger partial charge in [0.2, 0.25) is 17.7 Å². The number of carbonyl (C=O) groups is 2. The van der Waals surface area contributed by atoms with Gasteiger partial charge >= 0.3 is 5.97 Å². The van der Waals surface area contributed by atoms with Gasteiger partial charge in [-0.2, -0.15) is 4.98 Å². The van der Waals surface area contributed by atoms with E-state index in [4.69, 9.17) is 20.9 Å². The predicted molar refractivity (Wildman–Crippen MR) is 116 cm³/mol. The Morgan fingerprint density at radius 2 is 1.97 bits per heavy atom. The van der Waals surface area contributed by atoms with Crippen molar-refractivity contribution in [3.8, 4) is 5.88 Å². The lowest BCUT2D eigenvalue weighted by Gasteiger charge is -2.28. The fourth-order valence-corrected chi connectivity index (χ4v) is 3.17. The molecule has 10 nitrogen and oxygen atoms in total. The number of aryl methyl sites for hydroxylation is 1. The molecule has 2 aromatic rings. The summed E-state index contributed by atoms with van der Waals surface area (Å²) in [6.45, 7) is 2.03. The smallest absolute Gasteiger partial charge is 0.308 e. The third kappa shape index (κ3) is 7.40. The summed E-state index contributed by atoms with van der Waals surface area (Å²) >= 11 is 0. The molecule has 2 heterocycles. The van der Waals surface area contributed by atoms with E-state index >= 15 is 0 Å². The zero-order valence-corrected chi connectivity index (χ0v) is 18.2. The van der Waals surface area contributed by atoms with E-state index in [9.17, 15) is 9.59 Å². The van der Waals surface area contributed by atoms with Gasteiger partial charge in [0.1, 0.15) is 5.82 Å². The number of rotatable bonds is 11. The van der Waals surface area contributed by atoms with Crippen LogP contribution in [0.3, 0.4) is 0 Å². The second-order valence-electron chi connectivity index (χ2n) is 7.01. The van der Waals surface area contributed by atoms with Crippen molar-refractivity contribution in [2.45, 2.75) is 45.1 Å². The van der Waals surface area contributed by atoms with E-state index in [0.717, 1.165) is 17.7 Å². The predicted octanol–water partition coefficient (Wildman–Crippen LogP) is 1.91. The van der Waals surface area contributed by atoms with Crippen molar-refractivity contribution in [2.24, 2.45) is 0 Å². The Morgan fingerprint density at radius 1 is 1.19 bits per heavy atom. The Balaban J connectivity index is 1.98. The molecule has 0 saturated heterocycles. The SMILES string of the molecule is CCOC(=O)CC(c1ccc(OC)nc1)N(C)C(=O)CCCCc1cc(N)nc(N)n1. The van der Waals surface area contributed by atoms with Crippen LogP contribution >= 0.6 is 0 Å². The maximum absolute atomic E-state index is 12.8. The molecule has 1 atom stereocenters. The molecule has 0 bridgehead atoms. The normalized spacial score (nSPS) is 11.6. The molecule has 0 aliphatic carbocycles. The molecule has 168 valence electrons. The second kappa shape index (κ2) is 11.7. The lowest BCUT2D eigenvalue weighted by molar-refractivity contribution is -0.145. The molecule has 1 unspecified atom stereocenters. The van der Waals surface area contributed by atoms with Crippen LogP contribution in [-0.4, -0.2) is 52.5 Å². The largest absolute Gasteiger partial charge is 0.481 e. The van der Waals surface area contributed by atoms with Crippen molar-refractivity contribution in [3.05, 3.63) is 35.7 Å². The molecule has 0 saturated carbocycles. The van der Waals surface area contributed by atoms with Crippen molar-refractivity contribution in [2.75, 3.05) is 32.2 Å². The third-order valence-electron chi connectivity index (χ3n) is 4.77. The van der Waals surface area contributed by atoms with Crippen LogP contribution in [0.15, 0.2) is 24.4 Å². The number of hydrogen-bond acceptors (Lipinski definition) is 9. The molecule has 0 aliphatic rings. The first-order valence-corrected chi connectivity index (χ1v) is 10.1. The number of anilines is 2. The number of unbranched alkanes of at least 4 members (excludes halogenated alkanes) is 1. The molecule has 0 aromatic carbocycles. The number of pyridine rings is 1. The lowest BCUT2D eigenvalue weighted by atomic mass is 10.0. The van der Waals surface area contributed by atoms with Crippen LogP contribution in [0.1, 0.15) is 49.9 Å². The van der Waals surface area contributed by atoms with Crippen LogP contribution in [0, 0.1) is 0 Å². The summed E-state index contributed by atoms with van der Waals surface area (Å²) in [5.41, 5.74) is 12.8. The monoisotopic (exact) mass is 430 g/mol. The molecule has 2 rings (SSSR count). The first-order chi connectivity index (χ1) is 14.8. The average molecular weight is 431 g/mol. The Kier molecular flexibility index (Phi) is 8.98. The van der Waals surface area contributed by atoms with Gasteiger partial charge in [0.05, 0.1) is 26.2 Å². The summed E-state index contributed by atoms with van der Waals surface area (Å²) in [6.07, 6.45) is 4.01. The highest BCUT2D eigenvalue weighted by Gasteiger charge is 2.25. The van der Waals surface area contributed by atoms with E-state index in [1.807, 2.05) is 0 Å². The summed E-state index contributed by atoms with van der Waals surface area (Å²) in [6, 6.07) is 4.69. The molecule has 31 heavy (non-hydrogen) atoms. The van der Waals surface area contributed by atoms with Gasteiger partial charge in [0.25, 0.3) is 0 Å². The number of nitrogens with two attached hydrogens (primary N) is 2. The van der Waals surface area contributed by atoms with Gasteiger partial charge < -0.3 is 25.8 Å². The number of esters is 1. The number of nitrogens with zero attached hydrogens (tertiary/aromatic N) is 4. The zero-order chi connectivity index (χ0) is 22.8. The van der Waals surface area contributed by atoms with Crippen molar-refractivity contribution in [1.82, 2.24) is 19.9 Å². The zero-order valence-electron chi connectivity index (χ0n) is 18.2. The number of methoxy groups -OCH3 is 1. The third-order valence-corrected chi connectivity index (χ3v) is 4.77. The summed E-state index contributed by atoms with van der Waals surface area (Å²) in [4.78, 5) is 38.7. The number of carbonyl (C=O) groups excluding carboxylic acids is 2. The molecule has 0 aliphatic heterocycles. The van der Waals surface area contributed by atoms with E-state index in [1.165, 1.54) is 7.11 Å². The number of amides is 1. The minimum Gasteiger partial charge on any atom is -0.481 e. The standard InChI is InChI=1S/C21H30N6O4/c1-4-31-20(29)12-16(14-9-10-18(30-3)24-13-14)27(2)19(28)8-6-5-7-15-11-17(22)26-21(23)25-15/h9-11,13,16H,4-8,12H2,1-3H3,(H4,22,23,25,26). The van der Waals surface area contributed by atoms with Crippen LogP contribution in [0.25, 0.3) is 0 Å². The highest BCUT2D eigenvalue weighted by molar-refractivity contribution is 5.78. The van der Waals surface area contributed by atoms with Gasteiger partial charge in [-0.1, -0.05) is 6.07 Å². The molecule has 2 aromatic heterocycles. The molecule has 4 N–H and O–H groups in total. The summed E-state index contributed by atoms with van der Waals surface area (Å²) in [5.74, 6) is 0.473. The quantitative estimate of drug-likeness (QED) is 0.403. The summed E-state index contributed by atoms with van der Waals surface area (Å²) in [5, 5.41) is 0. The van der Waals surface area contributed by atoms with Crippen molar-refractivity contribution >= 4 is 23.6 Å². The number of ether oxygens (including phenoxy) is 2. The molecule has 0 radical (unpaired) electrons. The van der Waals surface area contributed by atoms with Gasteiger partial charge in [-0.3, -0.25) is 9.59 Å². The average Bonchev–Trinajstić information content (AvgIpc) is 2.74. The molecule has 1 amide bonds. The van der Waals surface area contributed by atoms with Gasteiger partial charge in [0, 0.05) is 37.5 Å². The Morgan fingerprint density at radius 3 is 2.58 bits per heavy atom. The summed E-state index contributed by atoms with van der Waals surface area (Å²) < 4.78 is 10.2. The molecular formula is C21H30N6O4. The van der Waals surface area contributed by atoms with Gasteiger partial charge in [-0.05, 0) is 31.7 Å². The lowest BCUT2D eigenvalue weighted by Crippen LogP contribution is -2.33. The number of hydrogen-bond donors (Lipinski definition) is 2. The fourth-order valence-electron chi connectivity index (χ4n) is 3.17. The van der Waals surface area contributed by atoms with E-state index < -0.39 is 6.04 Å². The van der Waals surface area contributed by atoms with Gasteiger partial charge in [-0.15, -0.1) is 0 Å². The highest BCUT2D eigenvalue weighted by Crippen LogP contribution is 2.25. The van der Waals surface area contributed by atoms with E-state index in [0.29, 0.717) is 31.0 Å². The van der Waals surface area contributed by atoms with Crippen molar-refractivity contribution in [1.29, 1.82) is 0 Å². The molecule has 10 heteroatoms. The topological polar surface area (TPSA) is 147 Å². The van der Waals surface area contributed by atoms with Crippen LogP contribution < -0.4 is 16.2 Å². The first kappa shape index (κ1) is 23.8. The highest BCUT2D eigenvalue weighted by atomic mass is 16.5. The van der Waals surface area contributed by atoms with E-state index in [-0.39, 0.29) is 30.9 Å². The maximum Gasteiger partial charge on any atom is 0.308 e. The van der Waals surface area contributed by atoms with Gasteiger partial charge in [0.15, 0.2) is 0 Å². The van der Waals surface area contributed by atoms with E-state index in [1.54, 1.807) is 43.3 Å². The van der Waals surface area contributed by atoms with Crippen LogP contribution in [0.5, 0.6) is 5.88 Å². The Bertz CT molecular complexity index is 854. The van der Waals surface area contributed by atoms with Crippen LogP contribution in [0.2, 0.25) is 0 Å². The van der Waals surface area contributed by atoms with E-state index in [2.05, 4.69) is 15.0 Å². The summed E-state index contributed by atoms with van der Waals surface area (Å²) in [7, 11) is 3.21. The molecular weight excluding hydrogens is 400 g/mol. The Labute approximate surface area is 182 Å². The molecule has 0 fully saturated rings. The van der Waals surface area contributed by atoms with Crippen LogP contribution in [0.4, 0.5) is 11.8 Å². The fraction of sp³-hybridized carbons (Fsp3) is 0.476. The first-order valence-electron chi connectivity index (χ1n) is 10.1. The second-order valence-corrected chi connectivity index (χ2v) is 7.01. The Hall–Kier alpha value is -3.43. The maximum atomic E-state index is 12.8. The van der Waals surface area contributed by atoms with Gasteiger partial charge in [-0.25, -0.2) is 9.97 Å². The molecule has 0 spiro atoms. The minimum atomic E-state index is -0.480. The van der Waals surface area contributed by atoms with Crippen molar-refractivity contribution in [3.63, 3.8) is 0 Å². The van der Waals surface area contributed by atoms with Crippen LogP contribution in [-0.2, 0) is 20.7 Å². The van der Waals surface area contributed by atoms with Crippen molar-refractivity contribution < 1.29 is 19.1 Å². The number of aromatic nitrogens is 3. The minimum absolute atomic E-state index is 0.0452.